The lowest BCUT2D eigenvalue weighted by Crippen LogP contribution is -2.24. The van der Waals surface area contributed by atoms with Gasteiger partial charge >= 0.3 is 0 Å². The predicted octanol–water partition coefficient (Wildman–Crippen LogP) is 3.89. The highest BCUT2D eigenvalue weighted by Gasteiger charge is 2.26. The Bertz CT molecular complexity index is 1450. The minimum absolute atomic E-state index is 0.148. The van der Waals surface area contributed by atoms with Crippen molar-refractivity contribution < 1.29 is 14.7 Å². The van der Waals surface area contributed by atoms with Crippen LogP contribution >= 0.6 is 11.3 Å². The molecule has 12 heteroatoms. The van der Waals surface area contributed by atoms with Gasteiger partial charge in [-0.25, -0.2) is 19.6 Å². The van der Waals surface area contributed by atoms with Crippen LogP contribution in [0, 0.1) is 0 Å². The molecule has 6 rings (SSSR count). The average Bonchev–Trinajstić information content (AvgIpc) is 3.80. The fourth-order valence-corrected chi connectivity index (χ4v) is 5.56. The number of rotatable bonds is 6. The molecule has 1 saturated carbocycles. The van der Waals surface area contributed by atoms with Gasteiger partial charge in [0.1, 0.15) is 22.6 Å². The van der Waals surface area contributed by atoms with Gasteiger partial charge in [0.05, 0.1) is 11.7 Å². The Labute approximate surface area is 236 Å². The van der Waals surface area contributed by atoms with Gasteiger partial charge in [0.2, 0.25) is 5.95 Å². The molecule has 1 aliphatic heterocycles. The second-order valence-corrected chi connectivity index (χ2v) is 10.6. The van der Waals surface area contributed by atoms with Crippen LogP contribution in [0.15, 0.2) is 54.0 Å². The van der Waals surface area contributed by atoms with Gasteiger partial charge in [0, 0.05) is 43.8 Å². The third kappa shape index (κ3) is 6.18. The van der Waals surface area contributed by atoms with E-state index in [1.807, 2.05) is 46.5 Å². The third-order valence-corrected chi connectivity index (χ3v) is 7.84. The van der Waals surface area contributed by atoms with Gasteiger partial charge in [-0.2, -0.15) is 5.10 Å². The molecule has 2 fully saturated rings. The number of carbonyl (C=O) groups is 2. The molecule has 0 spiro atoms. The first-order valence-corrected chi connectivity index (χ1v) is 14.2. The summed E-state index contributed by atoms with van der Waals surface area (Å²) in [6, 6.07) is 14.0. The number of likely N-dealkylation sites (N-methyl/N-ethyl adjacent to an activating group) is 1. The predicted molar refractivity (Wildman–Crippen MR) is 153 cm³/mol. The van der Waals surface area contributed by atoms with Gasteiger partial charge in [-0.1, -0.05) is 43.2 Å². The van der Waals surface area contributed by atoms with Crippen LogP contribution in [0.4, 0.5) is 11.8 Å². The van der Waals surface area contributed by atoms with Crippen molar-refractivity contribution in [1.82, 2.24) is 34.9 Å². The molecule has 40 heavy (non-hydrogen) atoms. The highest BCUT2D eigenvalue weighted by atomic mass is 32.1. The highest BCUT2D eigenvalue weighted by Crippen LogP contribution is 2.33. The Morgan fingerprint density at radius 1 is 1.07 bits per heavy atom. The van der Waals surface area contributed by atoms with Gasteiger partial charge in [0.15, 0.2) is 5.69 Å². The van der Waals surface area contributed by atoms with E-state index in [4.69, 9.17) is 10.1 Å². The number of aliphatic hydroxyl groups is 1. The summed E-state index contributed by atoms with van der Waals surface area (Å²) in [5, 5.41) is 22.2. The van der Waals surface area contributed by atoms with E-state index in [0.717, 1.165) is 40.6 Å². The lowest BCUT2D eigenvalue weighted by molar-refractivity contribution is -0.133. The molecule has 0 bridgehead atoms. The Hall–Kier alpha value is -4.16. The molecule has 2 aliphatic rings. The van der Waals surface area contributed by atoms with Crippen molar-refractivity contribution in [1.29, 1.82) is 0 Å². The molecule has 4 aromatic rings. The first-order chi connectivity index (χ1) is 19.4. The summed E-state index contributed by atoms with van der Waals surface area (Å²) in [4.78, 5) is 38.1. The topological polar surface area (TPSA) is 138 Å². The molecule has 2 amide bonds. The highest BCUT2D eigenvalue weighted by molar-refractivity contribution is 7.13. The number of benzene rings is 1. The standard InChI is InChI=1S/C23H23N7OS.C5H9NO2/c1-24-21(31)18-13-20(30(29-18)16-9-5-6-10-16)28-23-25-12-11-17(27-23)19-14-32-22(26-19)15-7-3-2-4-8-15;1-6-3-2-4(7)5(6)8/h2-4,7-8,11-14,16H,5-6,9-10H2,1H3,(H,24,31)(H,25,27,28);4,7H,2-3H2,1H3. The summed E-state index contributed by atoms with van der Waals surface area (Å²) >= 11 is 1.59. The minimum Gasteiger partial charge on any atom is -0.383 e. The molecular formula is C28H32N8O3S. The van der Waals surface area contributed by atoms with Gasteiger partial charge in [-0.05, 0) is 25.3 Å². The second-order valence-electron chi connectivity index (χ2n) is 9.74. The molecule has 3 aromatic heterocycles. The molecule has 1 aliphatic carbocycles. The first-order valence-electron chi connectivity index (χ1n) is 13.3. The second kappa shape index (κ2) is 12.3. The van der Waals surface area contributed by atoms with Crippen molar-refractivity contribution in [2.24, 2.45) is 0 Å². The molecule has 1 saturated heterocycles. The SMILES string of the molecule is CN1CCC(O)C1=O.CNC(=O)c1cc(Nc2nccc(-c3csc(-c4ccccc4)n3)n2)n(C2CCCC2)n1. The van der Waals surface area contributed by atoms with Crippen LogP contribution in [0.3, 0.4) is 0 Å². The number of carbonyl (C=O) groups excluding carboxylic acids is 2. The van der Waals surface area contributed by atoms with Crippen LogP contribution in [0.1, 0.15) is 48.6 Å². The maximum atomic E-state index is 12.2. The summed E-state index contributed by atoms with van der Waals surface area (Å²) in [5.41, 5.74) is 3.00. The van der Waals surface area contributed by atoms with E-state index in [1.165, 1.54) is 17.7 Å². The van der Waals surface area contributed by atoms with E-state index in [1.54, 1.807) is 37.7 Å². The van der Waals surface area contributed by atoms with Crippen molar-refractivity contribution in [3.05, 3.63) is 59.7 Å². The van der Waals surface area contributed by atoms with E-state index >= 15 is 0 Å². The fraction of sp³-hybridized carbons (Fsp3) is 0.357. The number of aromatic nitrogens is 5. The summed E-state index contributed by atoms with van der Waals surface area (Å²) in [5.74, 6) is 0.802. The summed E-state index contributed by atoms with van der Waals surface area (Å²) in [6.45, 7) is 0.694. The van der Waals surface area contributed by atoms with Crippen LogP contribution < -0.4 is 10.6 Å². The molecule has 208 valence electrons. The van der Waals surface area contributed by atoms with Crippen LogP contribution in [-0.4, -0.2) is 73.3 Å². The van der Waals surface area contributed by atoms with Gasteiger partial charge in [0.25, 0.3) is 11.8 Å². The number of amides is 2. The Kier molecular flexibility index (Phi) is 8.46. The van der Waals surface area contributed by atoms with E-state index in [2.05, 4.69) is 25.7 Å². The zero-order chi connectivity index (χ0) is 28.1. The average molecular weight is 561 g/mol. The molecule has 11 nitrogen and oxygen atoms in total. The largest absolute Gasteiger partial charge is 0.383 e. The zero-order valence-corrected chi connectivity index (χ0v) is 23.3. The lowest BCUT2D eigenvalue weighted by Gasteiger charge is -2.14. The fourth-order valence-electron chi connectivity index (χ4n) is 4.74. The molecule has 1 atom stereocenters. The summed E-state index contributed by atoms with van der Waals surface area (Å²) in [6.07, 6.45) is 6.01. The number of hydrogen-bond acceptors (Lipinski definition) is 9. The molecule has 3 N–H and O–H groups in total. The van der Waals surface area contributed by atoms with E-state index in [0.29, 0.717) is 24.6 Å². The Balaban J connectivity index is 0.000000348. The number of thiazole rings is 1. The Morgan fingerprint density at radius 3 is 2.50 bits per heavy atom. The molecule has 1 aromatic carbocycles. The minimum atomic E-state index is -0.722. The normalized spacial score (nSPS) is 17.0. The van der Waals surface area contributed by atoms with E-state index in [9.17, 15) is 9.59 Å². The quantitative estimate of drug-likeness (QED) is 0.323. The number of likely N-dealkylation sites (tertiary alicyclic amines) is 1. The molecule has 1 unspecified atom stereocenters. The molecular weight excluding hydrogens is 528 g/mol. The number of nitrogens with zero attached hydrogens (tertiary/aromatic N) is 6. The molecule has 4 heterocycles. The summed E-state index contributed by atoms with van der Waals surface area (Å²) in [7, 11) is 3.30. The van der Waals surface area contributed by atoms with Crippen LogP contribution in [-0.2, 0) is 4.79 Å². The third-order valence-electron chi connectivity index (χ3n) is 6.95. The smallest absolute Gasteiger partial charge is 0.271 e. The first kappa shape index (κ1) is 27.4. The van der Waals surface area contributed by atoms with Crippen molar-refractivity contribution in [2.45, 2.75) is 44.2 Å². The number of anilines is 2. The van der Waals surface area contributed by atoms with Gasteiger partial charge in [-0.15, -0.1) is 11.3 Å². The van der Waals surface area contributed by atoms with Crippen LogP contribution in [0.5, 0.6) is 0 Å². The maximum absolute atomic E-state index is 12.2. The number of aliphatic hydroxyl groups excluding tert-OH is 1. The van der Waals surface area contributed by atoms with Crippen molar-refractivity contribution in [3.63, 3.8) is 0 Å². The number of hydrogen-bond donors (Lipinski definition) is 3. The van der Waals surface area contributed by atoms with E-state index in [-0.39, 0.29) is 17.9 Å². The number of nitrogens with one attached hydrogen (secondary N) is 2. The summed E-state index contributed by atoms with van der Waals surface area (Å²) < 4.78 is 1.91. The monoisotopic (exact) mass is 560 g/mol. The van der Waals surface area contributed by atoms with E-state index < -0.39 is 6.10 Å². The van der Waals surface area contributed by atoms with Crippen LogP contribution in [0.2, 0.25) is 0 Å². The zero-order valence-electron chi connectivity index (χ0n) is 22.4. The Morgan fingerprint density at radius 2 is 1.85 bits per heavy atom. The maximum Gasteiger partial charge on any atom is 0.271 e. The van der Waals surface area contributed by atoms with Crippen molar-refractivity contribution in [2.75, 3.05) is 26.0 Å². The van der Waals surface area contributed by atoms with Crippen molar-refractivity contribution >= 4 is 34.9 Å². The van der Waals surface area contributed by atoms with Crippen LogP contribution in [0.25, 0.3) is 22.0 Å². The van der Waals surface area contributed by atoms with Gasteiger partial charge < -0.3 is 20.6 Å². The van der Waals surface area contributed by atoms with Crippen molar-refractivity contribution in [3.8, 4) is 22.0 Å². The van der Waals surface area contributed by atoms with Gasteiger partial charge in [-0.3, -0.25) is 9.59 Å². The molecule has 0 radical (unpaired) electrons. The lowest BCUT2D eigenvalue weighted by atomic mass is 10.2.